The summed E-state index contributed by atoms with van der Waals surface area (Å²) in [6, 6.07) is 14.4. The third kappa shape index (κ3) is 3.08. The smallest absolute Gasteiger partial charge is 0.160 e. The first-order valence-electron chi connectivity index (χ1n) is 6.32. The Morgan fingerprint density at radius 1 is 1.23 bits per heavy atom. The van der Waals surface area contributed by atoms with E-state index in [0.717, 1.165) is 11.1 Å². The van der Waals surface area contributed by atoms with Crippen molar-refractivity contribution in [2.45, 2.75) is 0 Å². The van der Waals surface area contributed by atoms with Crippen molar-refractivity contribution in [2.24, 2.45) is 10.9 Å². The minimum absolute atomic E-state index is 0.154. The summed E-state index contributed by atoms with van der Waals surface area (Å²) in [5.74, 6) is 5.86. The van der Waals surface area contributed by atoms with Crippen LogP contribution in [0.25, 0.3) is 11.1 Å². The number of rotatable bonds is 4. The highest BCUT2D eigenvalue weighted by Crippen LogP contribution is 2.30. The summed E-state index contributed by atoms with van der Waals surface area (Å²) in [4.78, 5) is 0. The Labute approximate surface area is 133 Å². The van der Waals surface area contributed by atoms with Crippen molar-refractivity contribution in [3.8, 4) is 22.9 Å². The van der Waals surface area contributed by atoms with Crippen molar-refractivity contribution in [3.63, 3.8) is 0 Å². The fourth-order valence-corrected chi connectivity index (χ4v) is 2.26. The SMILES string of the molecule is COc1ccc(-c2ccc(C(=NN)C(=N)C#N)cc2)cc1Cl. The van der Waals surface area contributed by atoms with E-state index in [4.69, 9.17) is 32.9 Å². The first-order valence-corrected chi connectivity index (χ1v) is 6.69. The first kappa shape index (κ1) is 15.5. The second-order valence-corrected chi connectivity index (χ2v) is 4.80. The number of hydrogen-bond donors (Lipinski definition) is 2. The molecule has 5 nitrogen and oxygen atoms in total. The van der Waals surface area contributed by atoms with E-state index >= 15 is 0 Å². The Balaban J connectivity index is 2.35. The molecule has 0 bridgehead atoms. The lowest BCUT2D eigenvalue weighted by atomic mass is 10.0. The van der Waals surface area contributed by atoms with Crippen LogP contribution < -0.4 is 10.6 Å². The van der Waals surface area contributed by atoms with Crippen molar-refractivity contribution < 1.29 is 4.74 Å². The Hall–Kier alpha value is -2.84. The van der Waals surface area contributed by atoms with Crippen LogP contribution in [0.1, 0.15) is 5.56 Å². The molecule has 2 aromatic carbocycles. The summed E-state index contributed by atoms with van der Waals surface area (Å²) in [5, 5.41) is 20.3. The van der Waals surface area contributed by atoms with Crippen LogP contribution in [0.15, 0.2) is 47.6 Å². The lowest BCUT2D eigenvalue weighted by molar-refractivity contribution is 0.415. The zero-order valence-corrected chi connectivity index (χ0v) is 12.6. The van der Waals surface area contributed by atoms with Gasteiger partial charge in [0.05, 0.1) is 12.1 Å². The van der Waals surface area contributed by atoms with Gasteiger partial charge in [0, 0.05) is 5.56 Å². The molecule has 2 rings (SSSR count). The van der Waals surface area contributed by atoms with Crippen LogP contribution in [0, 0.1) is 16.7 Å². The molecule has 0 radical (unpaired) electrons. The number of nitrogens with zero attached hydrogens (tertiary/aromatic N) is 2. The predicted molar refractivity (Wildman–Crippen MR) is 87.5 cm³/mol. The molecule has 0 aliphatic heterocycles. The van der Waals surface area contributed by atoms with Gasteiger partial charge in [0.2, 0.25) is 0 Å². The molecule has 2 aromatic rings. The quantitative estimate of drug-likeness (QED) is 0.515. The molecule has 0 amide bonds. The normalized spacial score (nSPS) is 10.9. The van der Waals surface area contributed by atoms with Gasteiger partial charge in [0.1, 0.15) is 17.5 Å². The van der Waals surface area contributed by atoms with Crippen molar-refractivity contribution in [1.29, 1.82) is 10.7 Å². The summed E-state index contributed by atoms with van der Waals surface area (Å²) in [7, 11) is 1.56. The Morgan fingerprint density at radius 2 is 1.86 bits per heavy atom. The number of methoxy groups -OCH3 is 1. The molecule has 22 heavy (non-hydrogen) atoms. The van der Waals surface area contributed by atoms with Crippen LogP contribution >= 0.6 is 11.6 Å². The summed E-state index contributed by atoms with van der Waals surface area (Å²) in [6.45, 7) is 0. The lowest BCUT2D eigenvalue weighted by Gasteiger charge is -2.08. The minimum atomic E-state index is -0.275. The number of halogens is 1. The molecule has 110 valence electrons. The number of hydrogen-bond acceptors (Lipinski definition) is 5. The number of nitrogens with two attached hydrogens (primary N) is 1. The standard InChI is InChI=1S/C16H13ClN4O/c1-22-15-7-6-12(8-13(15)17)10-2-4-11(5-3-10)16(21-20)14(19)9-18/h2-8,19H,20H2,1H3. The molecular weight excluding hydrogens is 300 g/mol. The van der Waals surface area contributed by atoms with Gasteiger partial charge in [-0.3, -0.25) is 5.41 Å². The molecule has 6 heteroatoms. The third-order valence-electron chi connectivity index (χ3n) is 3.12. The monoisotopic (exact) mass is 312 g/mol. The second-order valence-electron chi connectivity index (χ2n) is 4.39. The van der Waals surface area contributed by atoms with Gasteiger partial charge >= 0.3 is 0 Å². The summed E-state index contributed by atoms with van der Waals surface area (Å²) >= 11 is 6.12. The molecule has 0 saturated heterocycles. The maximum Gasteiger partial charge on any atom is 0.160 e. The van der Waals surface area contributed by atoms with Crippen LogP contribution in [0.3, 0.4) is 0 Å². The maximum absolute atomic E-state index is 8.77. The van der Waals surface area contributed by atoms with Crippen molar-refractivity contribution in [2.75, 3.05) is 7.11 Å². The molecule has 0 unspecified atom stereocenters. The molecule has 0 aliphatic carbocycles. The highest BCUT2D eigenvalue weighted by molar-refractivity contribution is 6.52. The molecular formula is C16H13ClN4O. The Morgan fingerprint density at radius 3 is 2.36 bits per heavy atom. The fraction of sp³-hybridized carbons (Fsp3) is 0.0625. The highest BCUT2D eigenvalue weighted by atomic mass is 35.5. The molecule has 0 aliphatic rings. The summed E-state index contributed by atoms with van der Waals surface area (Å²) in [5.41, 5.74) is 2.36. The predicted octanol–water partition coefficient (Wildman–Crippen LogP) is 3.22. The van der Waals surface area contributed by atoms with Gasteiger partial charge in [0.15, 0.2) is 5.71 Å². The molecule has 0 atom stereocenters. The van der Waals surface area contributed by atoms with Crippen molar-refractivity contribution in [3.05, 3.63) is 53.1 Å². The van der Waals surface area contributed by atoms with E-state index in [9.17, 15) is 0 Å². The Kier molecular flexibility index (Phi) is 4.77. The average Bonchev–Trinajstić information content (AvgIpc) is 2.56. The number of ether oxygens (including phenoxy) is 1. The molecule has 0 fully saturated rings. The number of benzene rings is 2. The van der Waals surface area contributed by atoms with E-state index in [1.54, 1.807) is 31.4 Å². The molecule has 0 spiro atoms. The lowest BCUT2D eigenvalue weighted by Crippen LogP contribution is -2.14. The number of nitriles is 1. The van der Waals surface area contributed by atoms with E-state index in [1.807, 2.05) is 24.3 Å². The van der Waals surface area contributed by atoms with Crippen molar-refractivity contribution >= 4 is 23.0 Å². The van der Waals surface area contributed by atoms with Crippen LogP contribution in [-0.4, -0.2) is 18.5 Å². The van der Waals surface area contributed by atoms with Crippen molar-refractivity contribution in [1.82, 2.24) is 0 Å². The molecule has 3 N–H and O–H groups in total. The Bertz CT molecular complexity index is 776. The fourth-order valence-electron chi connectivity index (χ4n) is 2.00. The van der Waals surface area contributed by atoms with E-state index in [-0.39, 0.29) is 11.4 Å². The van der Waals surface area contributed by atoms with E-state index in [0.29, 0.717) is 16.3 Å². The topological polar surface area (TPSA) is 95.2 Å². The van der Waals surface area contributed by atoms with Crippen LogP contribution in [-0.2, 0) is 0 Å². The zero-order valence-electron chi connectivity index (χ0n) is 11.8. The zero-order chi connectivity index (χ0) is 16.1. The summed E-state index contributed by atoms with van der Waals surface area (Å²) < 4.78 is 5.12. The van der Waals surface area contributed by atoms with Crippen LogP contribution in [0.2, 0.25) is 5.02 Å². The average molecular weight is 313 g/mol. The van der Waals surface area contributed by atoms with Gasteiger partial charge in [-0.25, -0.2) is 0 Å². The number of hydrazone groups is 1. The molecule has 0 heterocycles. The van der Waals surface area contributed by atoms with E-state index < -0.39 is 0 Å². The van der Waals surface area contributed by atoms with Gasteiger partial charge < -0.3 is 10.6 Å². The van der Waals surface area contributed by atoms with E-state index in [2.05, 4.69) is 5.10 Å². The van der Waals surface area contributed by atoms with Gasteiger partial charge in [-0.15, -0.1) is 0 Å². The van der Waals surface area contributed by atoms with Gasteiger partial charge in [0.25, 0.3) is 0 Å². The van der Waals surface area contributed by atoms with Crippen LogP contribution in [0.4, 0.5) is 0 Å². The first-order chi connectivity index (χ1) is 10.6. The van der Waals surface area contributed by atoms with Gasteiger partial charge in [-0.05, 0) is 23.3 Å². The van der Waals surface area contributed by atoms with Crippen LogP contribution in [0.5, 0.6) is 5.75 Å². The van der Waals surface area contributed by atoms with Gasteiger partial charge in [-0.1, -0.05) is 41.9 Å². The molecule has 0 aromatic heterocycles. The van der Waals surface area contributed by atoms with E-state index in [1.165, 1.54) is 0 Å². The largest absolute Gasteiger partial charge is 0.495 e. The second kappa shape index (κ2) is 6.74. The maximum atomic E-state index is 8.77. The highest BCUT2D eigenvalue weighted by Gasteiger charge is 2.10. The summed E-state index contributed by atoms with van der Waals surface area (Å²) in [6.07, 6.45) is 0. The minimum Gasteiger partial charge on any atom is -0.495 e. The number of nitrogens with one attached hydrogen (secondary N) is 1. The van der Waals surface area contributed by atoms with Gasteiger partial charge in [-0.2, -0.15) is 10.4 Å². The third-order valence-corrected chi connectivity index (χ3v) is 3.42. The molecule has 0 saturated carbocycles.